The maximum absolute atomic E-state index is 5.86. The van der Waals surface area contributed by atoms with E-state index in [0.29, 0.717) is 5.76 Å². The monoisotopic (exact) mass is 242 g/mol. The van der Waals surface area contributed by atoms with Crippen LogP contribution in [0.2, 0.25) is 0 Å². The molecule has 4 unspecified atom stereocenters. The first-order valence-electron chi connectivity index (χ1n) is 5.84. The lowest BCUT2D eigenvalue weighted by atomic mass is 10.1. The van der Waals surface area contributed by atoms with Crippen LogP contribution in [0, 0.1) is 0 Å². The topological polar surface area (TPSA) is 46.2 Å². The number of rotatable bonds is 0. The number of ether oxygens (including phenoxy) is 5. The van der Waals surface area contributed by atoms with Crippen molar-refractivity contribution < 1.29 is 23.7 Å². The Balaban J connectivity index is 1.85. The molecule has 0 spiro atoms. The molecule has 17 heavy (non-hydrogen) atoms. The van der Waals surface area contributed by atoms with Gasteiger partial charge in [0.1, 0.15) is 24.1 Å². The van der Waals surface area contributed by atoms with Crippen LogP contribution in [0.15, 0.2) is 12.3 Å². The minimum Gasteiger partial charge on any atom is -0.465 e. The SMILES string of the molecule is C=C1OC(C)(C)OC2C1OC1OC(C)(C)OC12. The predicted molar refractivity (Wildman–Crippen MR) is 57.9 cm³/mol. The molecule has 96 valence electrons. The highest BCUT2D eigenvalue weighted by Crippen LogP contribution is 2.44. The first-order chi connectivity index (χ1) is 7.77. The van der Waals surface area contributed by atoms with Crippen LogP contribution < -0.4 is 0 Å². The molecule has 3 rings (SSSR count). The summed E-state index contributed by atoms with van der Waals surface area (Å²) >= 11 is 0. The van der Waals surface area contributed by atoms with Crippen molar-refractivity contribution in [2.45, 2.75) is 63.9 Å². The Hall–Kier alpha value is -0.620. The van der Waals surface area contributed by atoms with E-state index in [0.717, 1.165) is 0 Å². The van der Waals surface area contributed by atoms with Crippen molar-refractivity contribution in [1.82, 2.24) is 0 Å². The molecule has 0 aromatic heterocycles. The number of fused-ring (bicyclic) bond motifs is 3. The van der Waals surface area contributed by atoms with Gasteiger partial charge in [-0.05, 0) is 13.8 Å². The molecule has 3 aliphatic rings. The Morgan fingerprint density at radius 1 is 0.941 bits per heavy atom. The molecule has 0 radical (unpaired) electrons. The van der Waals surface area contributed by atoms with E-state index in [1.165, 1.54) is 0 Å². The van der Waals surface area contributed by atoms with Gasteiger partial charge in [0.15, 0.2) is 12.1 Å². The van der Waals surface area contributed by atoms with E-state index in [-0.39, 0.29) is 18.3 Å². The van der Waals surface area contributed by atoms with E-state index in [9.17, 15) is 0 Å². The van der Waals surface area contributed by atoms with Gasteiger partial charge in [0.25, 0.3) is 0 Å². The van der Waals surface area contributed by atoms with Crippen molar-refractivity contribution in [3.63, 3.8) is 0 Å². The highest BCUT2D eigenvalue weighted by Gasteiger charge is 2.59. The third-order valence-electron chi connectivity index (χ3n) is 3.11. The van der Waals surface area contributed by atoms with Gasteiger partial charge in [-0.3, -0.25) is 0 Å². The average Bonchev–Trinajstić information content (AvgIpc) is 2.58. The van der Waals surface area contributed by atoms with Crippen molar-refractivity contribution in [2.24, 2.45) is 0 Å². The molecule has 4 atom stereocenters. The second-order valence-corrected chi connectivity index (χ2v) is 5.58. The van der Waals surface area contributed by atoms with Gasteiger partial charge in [-0.1, -0.05) is 6.58 Å². The lowest BCUT2D eigenvalue weighted by Gasteiger charge is -2.40. The summed E-state index contributed by atoms with van der Waals surface area (Å²) < 4.78 is 28.6. The third kappa shape index (κ3) is 1.78. The fraction of sp³-hybridized carbons (Fsp3) is 0.833. The molecule has 0 amide bonds. The van der Waals surface area contributed by atoms with Gasteiger partial charge in [0.05, 0.1) is 0 Å². The highest BCUT2D eigenvalue weighted by molar-refractivity contribution is 5.10. The lowest BCUT2D eigenvalue weighted by Crippen LogP contribution is -2.49. The minimum absolute atomic E-state index is 0.224. The first kappa shape index (κ1) is 11.5. The zero-order valence-corrected chi connectivity index (χ0v) is 10.6. The standard InChI is InChI=1S/C12H18O5/c1-6-7-8(15-11(2,3)14-6)9-10(13-7)17-12(4,5)16-9/h7-10H,1H2,2-5H3. The third-order valence-corrected chi connectivity index (χ3v) is 3.11. The van der Waals surface area contributed by atoms with Crippen LogP contribution in [0.25, 0.3) is 0 Å². The van der Waals surface area contributed by atoms with Crippen LogP contribution in [0.1, 0.15) is 27.7 Å². The summed E-state index contributed by atoms with van der Waals surface area (Å²) in [6, 6.07) is 0. The van der Waals surface area contributed by atoms with Crippen LogP contribution in [0.3, 0.4) is 0 Å². The molecule has 5 nitrogen and oxygen atoms in total. The average molecular weight is 242 g/mol. The van der Waals surface area contributed by atoms with E-state index >= 15 is 0 Å². The molecule has 0 saturated carbocycles. The van der Waals surface area contributed by atoms with Gasteiger partial charge >= 0.3 is 0 Å². The fourth-order valence-corrected chi connectivity index (χ4v) is 2.59. The highest BCUT2D eigenvalue weighted by atomic mass is 16.9. The number of hydrogen-bond donors (Lipinski definition) is 0. The van der Waals surface area contributed by atoms with Gasteiger partial charge < -0.3 is 23.7 Å². The normalized spacial score (nSPS) is 46.2. The summed E-state index contributed by atoms with van der Waals surface area (Å²) in [5, 5.41) is 0. The molecule has 3 aliphatic heterocycles. The lowest BCUT2D eigenvalue weighted by molar-refractivity contribution is -0.295. The number of hydrogen-bond acceptors (Lipinski definition) is 5. The van der Waals surface area contributed by atoms with Crippen LogP contribution in [-0.4, -0.2) is 36.2 Å². The maximum Gasteiger partial charge on any atom is 0.204 e. The molecule has 0 aromatic carbocycles. The van der Waals surface area contributed by atoms with Gasteiger partial charge in [0.2, 0.25) is 5.79 Å². The Labute approximate surface area is 101 Å². The summed E-state index contributed by atoms with van der Waals surface area (Å²) in [6.07, 6.45) is -1.17. The van der Waals surface area contributed by atoms with Gasteiger partial charge in [-0.25, -0.2) is 0 Å². The van der Waals surface area contributed by atoms with Crippen LogP contribution >= 0.6 is 0 Å². The Morgan fingerprint density at radius 3 is 2.29 bits per heavy atom. The van der Waals surface area contributed by atoms with Crippen molar-refractivity contribution >= 4 is 0 Å². The molecule has 0 N–H and O–H groups in total. The molecule has 3 heterocycles. The smallest absolute Gasteiger partial charge is 0.204 e. The molecule has 3 fully saturated rings. The zero-order valence-electron chi connectivity index (χ0n) is 10.6. The van der Waals surface area contributed by atoms with Crippen LogP contribution in [-0.2, 0) is 23.7 Å². The Bertz CT molecular complexity index is 362. The maximum atomic E-state index is 5.86. The largest absolute Gasteiger partial charge is 0.465 e. The zero-order chi connectivity index (χ0) is 12.4. The van der Waals surface area contributed by atoms with E-state index in [4.69, 9.17) is 23.7 Å². The van der Waals surface area contributed by atoms with Crippen LogP contribution in [0.4, 0.5) is 0 Å². The fourth-order valence-electron chi connectivity index (χ4n) is 2.59. The van der Waals surface area contributed by atoms with Gasteiger partial charge in [0, 0.05) is 13.8 Å². The van der Waals surface area contributed by atoms with Gasteiger partial charge in [-0.15, -0.1) is 0 Å². The molecule has 5 heteroatoms. The first-order valence-corrected chi connectivity index (χ1v) is 5.84. The van der Waals surface area contributed by atoms with Crippen LogP contribution in [0.5, 0.6) is 0 Å². The predicted octanol–water partition coefficient (Wildman–Crippen LogP) is 1.53. The molecule has 0 bridgehead atoms. The molecular weight excluding hydrogens is 224 g/mol. The summed E-state index contributed by atoms with van der Waals surface area (Å²) in [7, 11) is 0. The van der Waals surface area contributed by atoms with E-state index in [1.807, 2.05) is 27.7 Å². The van der Waals surface area contributed by atoms with E-state index in [1.54, 1.807) is 0 Å². The Morgan fingerprint density at radius 2 is 1.59 bits per heavy atom. The molecule has 3 saturated heterocycles. The Kier molecular flexibility index (Phi) is 2.18. The molecule has 0 aliphatic carbocycles. The summed E-state index contributed by atoms with van der Waals surface area (Å²) in [5.74, 6) is -0.759. The summed E-state index contributed by atoms with van der Waals surface area (Å²) in [4.78, 5) is 0. The quantitative estimate of drug-likeness (QED) is 0.644. The van der Waals surface area contributed by atoms with Crippen molar-refractivity contribution in [3.8, 4) is 0 Å². The molecule has 0 aromatic rings. The van der Waals surface area contributed by atoms with E-state index in [2.05, 4.69) is 6.58 Å². The minimum atomic E-state index is -0.702. The summed E-state index contributed by atoms with van der Waals surface area (Å²) in [5.41, 5.74) is 0. The van der Waals surface area contributed by atoms with E-state index < -0.39 is 17.9 Å². The van der Waals surface area contributed by atoms with Crippen molar-refractivity contribution in [2.75, 3.05) is 0 Å². The summed E-state index contributed by atoms with van der Waals surface area (Å²) in [6.45, 7) is 11.3. The second kappa shape index (κ2) is 3.23. The molecular formula is C12H18O5. The van der Waals surface area contributed by atoms with Gasteiger partial charge in [-0.2, -0.15) is 0 Å². The second-order valence-electron chi connectivity index (χ2n) is 5.58. The van der Waals surface area contributed by atoms with Crippen molar-refractivity contribution in [3.05, 3.63) is 12.3 Å². The van der Waals surface area contributed by atoms with Crippen molar-refractivity contribution in [1.29, 1.82) is 0 Å².